The van der Waals surface area contributed by atoms with Crippen LogP contribution in [0.2, 0.25) is 0 Å². The summed E-state index contributed by atoms with van der Waals surface area (Å²) in [6.07, 6.45) is 3.62. The van der Waals surface area contributed by atoms with E-state index in [1.54, 1.807) is 0 Å². The molecule has 0 bridgehead atoms. The average Bonchev–Trinajstić information content (AvgIpc) is 2.35. The van der Waals surface area contributed by atoms with Crippen molar-refractivity contribution in [3.63, 3.8) is 0 Å². The van der Waals surface area contributed by atoms with E-state index in [9.17, 15) is 0 Å². The zero-order valence-electron chi connectivity index (χ0n) is 10.2. The fourth-order valence-electron chi connectivity index (χ4n) is 1.64. The van der Waals surface area contributed by atoms with Crippen molar-refractivity contribution in [2.45, 2.75) is 38.7 Å². The van der Waals surface area contributed by atoms with Crippen molar-refractivity contribution >= 4 is 15.9 Å². The Morgan fingerprint density at radius 1 is 1.19 bits per heavy atom. The Morgan fingerprint density at radius 3 is 2.44 bits per heavy atom. The molecule has 0 spiro atoms. The normalized spacial score (nSPS) is 14.7. The highest BCUT2D eigenvalue weighted by molar-refractivity contribution is 9.09. The van der Waals surface area contributed by atoms with Crippen LogP contribution in [0.15, 0.2) is 30.3 Å². The van der Waals surface area contributed by atoms with Crippen molar-refractivity contribution in [2.75, 3.05) is 11.9 Å². The van der Waals surface area contributed by atoms with Gasteiger partial charge < -0.3 is 4.74 Å². The van der Waals surface area contributed by atoms with Gasteiger partial charge in [0.1, 0.15) is 0 Å². The van der Waals surface area contributed by atoms with Gasteiger partial charge in [0, 0.05) is 11.9 Å². The summed E-state index contributed by atoms with van der Waals surface area (Å²) in [6.45, 7) is 5.19. The minimum absolute atomic E-state index is 0.199. The predicted molar refractivity (Wildman–Crippen MR) is 73.1 cm³/mol. The molecule has 0 aliphatic rings. The van der Waals surface area contributed by atoms with Crippen LogP contribution in [-0.4, -0.2) is 11.9 Å². The van der Waals surface area contributed by atoms with E-state index in [0.29, 0.717) is 0 Å². The minimum Gasteiger partial charge on any atom is -0.370 e. The van der Waals surface area contributed by atoms with Gasteiger partial charge in [0.15, 0.2) is 0 Å². The molecule has 1 unspecified atom stereocenters. The van der Waals surface area contributed by atoms with Gasteiger partial charge in [0.05, 0.1) is 5.60 Å². The van der Waals surface area contributed by atoms with Crippen LogP contribution in [-0.2, 0) is 10.3 Å². The summed E-state index contributed by atoms with van der Waals surface area (Å²) in [5, 5.41) is 0.830. The lowest BCUT2D eigenvalue weighted by atomic mass is 9.98. The molecule has 16 heavy (non-hydrogen) atoms. The molecule has 0 saturated heterocycles. The number of benzene rings is 1. The van der Waals surface area contributed by atoms with Crippen LogP contribution >= 0.6 is 15.9 Å². The number of rotatable bonds is 7. The van der Waals surface area contributed by atoms with Crippen LogP contribution in [0, 0.1) is 0 Å². The quantitative estimate of drug-likeness (QED) is 0.529. The highest BCUT2D eigenvalue weighted by Crippen LogP contribution is 2.27. The van der Waals surface area contributed by atoms with Gasteiger partial charge >= 0.3 is 0 Å². The maximum Gasteiger partial charge on any atom is 0.0999 e. The van der Waals surface area contributed by atoms with Crippen LogP contribution < -0.4 is 0 Å². The Hall–Kier alpha value is -0.340. The topological polar surface area (TPSA) is 9.23 Å². The molecule has 0 aliphatic heterocycles. The third-order valence-electron chi connectivity index (χ3n) is 2.81. The molecule has 90 valence electrons. The first kappa shape index (κ1) is 13.7. The largest absolute Gasteiger partial charge is 0.370 e. The molecular formula is C14H21BrO. The highest BCUT2D eigenvalue weighted by Gasteiger charge is 2.25. The van der Waals surface area contributed by atoms with Gasteiger partial charge in [0.25, 0.3) is 0 Å². The van der Waals surface area contributed by atoms with Crippen molar-refractivity contribution in [1.82, 2.24) is 0 Å². The lowest BCUT2D eigenvalue weighted by molar-refractivity contribution is -0.0184. The van der Waals surface area contributed by atoms with Gasteiger partial charge in [-0.2, -0.15) is 0 Å². The third kappa shape index (κ3) is 3.91. The summed E-state index contributed by atoms with van der Waals surface area (Å²) in [5.41, 5.74) is 1.04. The van der Waals surface area contributed by atoms with E-state index >= 15 is 0 Å². The molecule has 0 heterocycles. The Kier molecular flexibility index (Phi) is 6.07. The lowest BCUT2D eigenvalue weighted by Crippen LogP contribution is -2.28. The Bertz CT molecular complexity index is 286. The second kappa shape index (κ2) is 7.08. The maximum atomic E-state index is 6.02. The molecular weight excluding hydrogens is 264 g/mol. The van der Waals surface area contributed by atoms with Crippen LogP contribution in [0.25, 0.3) is 0 Å². The summed E-state index contributed by atoms with van der Waals surface area (Å²) in [4.78, 5) is 0. The molecule has 1 nitrogen and oxygen atoms in total. The SMILES string of the molecule is CCCCCOC(C)(CBr)c1ccccc1. The zero-order valence-corrected chi connectivity index (χ0v) is 11.8. The van der Waals surface area contributed by atoms with E-state index < -0.39 is 0 Å². The summed E-state index contributed by atoms with van der Waals surface area (Å²) in [6, 6.07) is 10.4. The summed E-state index contributed by atoms with van der Waals surface area (Å²) >= 11 is 3.55. The van der Waals surface area contributed by atoms with Gasteiger partial charge in [-0.15, -0.1) is 0 Å². The number of unbranched alkanes of at least 4 members (excludes halogenated alkanes) is 2. The molecule has 0 aromatic heterocycles. The smallest absolute Gasteiger partial charge is 0.0999 e. The first-order valence-electron chi connectivity index (χ1n) is 5.98. The van der Waals surface area contributed by atoms with Crippen LogP contribution in [0.1, 0.15) is 38.7 Å². The number of ether oxygens (including phenoxy) is 1. The first-order valence-corrected chi connectivity index (χ1v) is 7.10. The Labute approximate surface area is 107 Å². The molecule has 2 heteroatoms. The lowest BCUT2D eigenvalue weighted by Gasteiger charge is -2.28. The fourth-order valence-corrected chi connectivity index (χ4v) is 2.12. The van der Waals surface area contributed by atoms with Crippen LogP contribution in [0.4, 0.5) is 0 Å². The molecule has 0 fully saturated rings. The van der Waals surface area contributed by atoms with Gasteiger partial charge in [-0.3, -0.25) is 0 Å². The van der Waals surface area contributed by atoms with Crippen molar-refractivity contribution < 1.29 is 4.74 Å². The van der Waals surface area contributed by atoms with Crippen LogP contribution in [0.5, 0.6) is 0 Å². The summed E-state index contributed by atoms with van der Waals surface area (Å²) in [5.74, 6) is 0. The number of halogens is 1. The molecule has 1 aromatic rings. The molecule has 0 saturated carbocycles. The molecule has 0 aliphatic carbocycles. The van der Waals surface area contributed by atoms with Crippen molar-refractivity contribution in [3.05, 3.63) is 35.9 Å². The maximum absolute atomic E-state index is 6.02. The molecule has 1 atom stereocenters. The van der Waals surface area contributed by atoms with Crippen molar-refractivity contribution in [2.24, 2.45) is 0 Å². The van der Waals surface area contributed by atoms with Gasteiger partial charge in [-0.05, 0) is 18.9 Å². The second-order valence-electron chi connectivity index (χ2n) is 4.29. The highest BCUT2D eigenvalue weighted by atomic mass is 79.9. The minimum atomic E-state index is -0.199. The average molecular weight is 285 g/mol. The van der Waals surface area contributed by atoms with E-state index in [0.717, 1.165) is 18.4 Å². The monoisotopic (exact) mass is 284 g/mol. The predicted octanol–water partition coefficient (Wildman–Crippen LogP) is 4.50. The summed E-state index contributed by atoms with van der Waals surface area (Å²) in [7, 11) is 0. The zero-order chi connectivity index (χ0) is 11.9. The van der Waals surface area contributed by atoms with Gasteiger partial charge in [-0.25, -0.2) is 0 Å². The van der Waals surface area contributed by atoms with Crippen molar-refractivity contribution in [3.8, 4) is 0 Å². The second-order valence-corrected chi connectivity index (χ2v) is 4.85. The van der Waals surface area contributed by atoms with Crippen LogP contribution in [0.3, 0.4) is 0 Å². The number of alkyl halides is 1. The fraction of sp³-hybridized carbons (Fsp3) is 0.571. The van der Waals surface area contributed by atoms with E-state index in [4.69, 9.17) is 4.74 Å². The van der Waals surface area contributed by atoms with E-state index in [2.05, 4.69) is 54.0 Å². The number of hydrogen-bond acceptors (Lipinski definition) is 1. The molecule has 0 N–H and O–H groups in total. The van der Waals surface area contributed by atoms with E-state index in [1.165, 1.54) is 18.4 Å². The van der Waals surface area contributed by atoms with Gasteiger partial charge in [-0.1, -0.05) is 66.0 Å². The molecule has 1 rings (SSSR count). The summed E-state index contributed by atoms with van der Waals surface area (Å²) < 4.78 is 6.02. The Morgan fingerprint density at radius 2 is 1.88 bits per heavy atom. The molecule has 0 amide bonds. The standard InChI is InChI=1S/C14H21BrO/c1-3-4-8-11-16-14(2,12-15)13-9-6-5-7-10-13/h5-7,9-10H,3-4,8,11-12H2,1-2H3. The van der Waals surface area contributed by atoms with Gasteiger partial charge in [0.2, 0.25) is 0 Å². The Balaban J connectivity index is 2.56. The van der Waals surface area contributed by atoms with E-state index in [-0.39, 0.29) is 5.60 Å². The molecule has 1 aromatic carbocycles. The van der Waals surface area contributed by atoms with E-state index in [1.807, 2.05) is 6.07 Å². The molecule has 0 radical (unpaired) electrons. The third-order valence-corrected chi connectivity index (χ3v) is 3.88. The first-order chi connectivity index (χ1) is 7.73. The number of hydrogen-bond donors (Lipinski definition) is 0. The van der Waals surface area contributed by atoms with Crippen molar-refractivity contribution in [1.29, 1.82) is 0 Å².